The number of carbonyl (C=O) groups excluding carboxylic acids is 2. The Balaban J connectivity index is 0.000000320. The molecule has 0 spiro atoms. The van der Waals surface area contributed by atoms with Crippen LogP contribution in [-0.4, -0.2) is 68.0 Å². The molecule has 0 amide bonds. The number of benzene rings is 9. The first-order chi connectivity index (χ1) is 48.0. The van der Waals surface area contributed by atoms with E-state index in [2.05, 4.69) is 23.8 Å². The van der Waals surface area contributed by atoms with Crippen LogP contribution in [0.5, 0.6) is 0 Å². The molecule has 0 fully saturated rings. The van der Waals surface area contributed by atoms with Crippen LogP contribution >= 0.6 is 90.4 Å². The third-order valence-electron chi connectivity index (χ3n) is 12.3. The van der Waals surface area contributed by atoms with Gasteiger partial charge in [0.1, 0.15) is 23.3 Å². The molecule has 0 heterocycles. The van der Waals surface area contributed by atoms with Crippen molar-refractivity contribution in [1.82, 2.24) is 0 Å². The fraction of sp³-hybridized carbons (Fsp3) is 0.0152. The lowest BCUT2D eigenvalue weighted by molar-refractivity contribution is 0.0679. The molecule has 16 nitrogen and oxygen atoms in total. The van der Waals surface area contributed by atoms with Crippen LogP contribution in [0.4, 0.5) is 109 Å². The second-order valence-corrected chi connectivity index (χ2v) is 24.1. The summed E-state index contributed by atoms with van der Waals surface area (Å²) in [5, 5.41) is 47.9. The van der Waals surface area contributed by atoms with Crippen molar-refractivity contribution in [1.29, 1.82) is 0 Å². The Hall–Kier alpha value is -9.92. The number of carboxylic acid groups (broad SMARTS) is 5. The Kier molecular flexibility index (Phi) is 33.5. The van der Waals surface area contributed by atoms with Gasteiger partial charge in [-0.3, -0.25) is 9.59 Å². The lowest BCUT2D eigenvalue weighted by atomic mass is 10.1. The van der Waals surface area contributed by atoms with Gasteiger partial charge in [0.05, 0.1) is 73.1 Å². The van der Waals surface area contributed by atoms with E-state index < -0.39 is 167 Å². The molecule has 0 aromatic heterocycles. The van der Waals surface area contributed by atoms with Crippen molar-refractivity contribution >= 4 is 179 Å². The number of nitrogens with one attached hydrogen (secondary N) is 2. The highest BCUT2D eigenvalue weighted by Gasteiger charge is 2.27. The van der Waals surface area contributed by atoms with E-state index in [0.717, 1.165) is 44.4 Å². The van der Waals surface area contributed by atoms with Gasteiger partial charge >= 0.3 is 29.8 Å². The zero-order chi connectivity index (χ0) is 78.5. The molecule has 9 aromatic rings. The molecular weight excluding hydrogens is 1870 g/mol. The van der Waals surface area contributed by atoms with Gasteiger partial charge in [-0.05, 0) is 206 Å². The zero-order valence-electron chi connectivity index (χ0n) is 50.7. The van der Waals surface area contributed by atoms with E-state index in [1.807, 2.05) is 90.4 Å². The number of aryl methyl sites for hydroxylation is 1. The molecule has 103 heavy (non-hydrogen) atoms. The molecule has 0 aliphatic rings. The molecule has 9 rings (SSSR count). The van der Waals surface area contributed by atoms with Crippen LogP contribution in [0, 0.1) is 120 Å². The number of aromatic carboxylic acids is 5. The van der Waals surface area contributed by atoms with Crippen molar-refractivity contribution in [2.75, 3.05) is 22.1 Å². The lowest BCUT2D eigenvalue weighted by Gasteiger charge is -2.13. The summed E-state index contributed by atoms with van der Waals surface area (Å²) < 4.78 is 225. The summed E-state index contributed by atoms with van der Waals surface area (Å²) in [6, 6.07) is 20.8. The molecule has 0 bridgehead atoms. The average Bonchev–Trinajstić information content (AvgIpc) is 0.810. The number of rotatable bonds is 13. The molecule has 0 unspecified atom stereocenters. The van der Waals surface area contributed by atoms with E-state index in [1.165, 1.54) is 36.4 Å². The third kappa shape index (κ3) is 23.6. The number of nitrogen functional groups attached to an aromatic ring is 2. The SMILES string of the molecule is C=Cc1cc(C(=O)O)c(F)c(F)c1F.C=Cc1cc(C(=O)O)c(Nc2ccc(I)cc2F)c(F)c1F.Cc1cc(C(=O)O)c(F)c(F)c1F.Nc1ccc(I)cc1F.Nc1ccc(I)cc1F.O=Cc1cc(C(=O)O)c(F)c(F)c1F.O=Cc1cc(C(=O)O)c(Nc2ccc(I)cc2F)c(F)c1F. The van der Waals surface area contributed by atoms with Crippen LogP contribution < -0.4 is 22.1 Å². The molecule has 9 aromatic carbocycles. The van der Waals surface area contributed by atoms with Crippen molar-refractivity contribution in [3.63, 3.8) is 0 Å². The maximum atomic E-state index is 14.1. The van der Waals surface area contributed by atoms with Crippen LogP contribution in [0.25, 0.3) is 12.2 Å². The Morgan fingerprint density at radius 3 is 0.883 bits per heavy atom. The highest BCUT2D eigenvalue weighted by Crippen LogP contribution is 2.33. The number of anilines is 6. The summed E-state index contributed by atoms with van der Waals surface area (Å²) in [4.78, 5) is 74.2. The number of carbonyl (C=O) groups is 7. The summed E-state index contributed by atoms with van der Waals surface area (Å²) >= 11 is 7.79. The lowest BCUT2D eigenvalue weighted by Crippen LogP contribution is -2.10. The number of hydrogen-bond donors (Lipinski definition) is 9. The predicted molar refractivity (Wildman–Crippen MR) is 374 cm³/mol. The summed E-state index contributed by atoms with van der Waals surface area (Å²) in [5.41, 5.74) is 2.51. The molecule has 0 saturated carbocycles. The molecule has 542 valence electrons. The second kappa shape index (κ2) is 39.5. The number of aldehydes is 2. The molecule has 0 radical (unpaired) electrons. The zero-order valence-corrected chi connectivity index (χ0v) is 59.4. The average molecular weight is 1910 g/mol. The summed E-state index contributed by atoms with van der Waals surface area (Å²) in [5.74, 6) is -31.2. The van der Waals surface area contributed by atoms with Crippen molar-refractivity contribution in [2.45, 2.75) is 6.92 Å². The van der Waals surface area contributed by atoms with E-state index >= 15 is 0 Å². The van der Waals surface area contributed by atoms with Crippen molar-refractivity contribution in [3.8, 4) is 0 Å². The predicted octanol–water partition coefficient (Wildman–Crippen LogP) is 19.0. The Bertz CT molecular complexity index is 4570. The quantitative estimate of drug-likeness (QED) is 0.0170. The van der Waals surface area contributed by atoms with Crippen LogP contribution in [0.1, 0.15) is 89.2 Å². The summed E-state index contributed by atoms with van der Waals surface area (Å²) in [6.45, 7) is 7.59. The topological polar surface area (TPSA) is 297 Å². The highest BCUT2D eigenvalue weighted by atomic mass is 127. The van der Waals surface area contributed by atoms with Crippen LogP contribution in [0.15, 0.2) is 116 Å². The number of halogens is 21. The first kappa shape index (κ1) is 87.3. The molecule has 37 heteroatoms. The maximum Gasteiger partial charge on any atom is 0.338 e. The number of hydrogen-bond acceptors (Lipinski definition) is 11. The first-order valence-corrected chi connectivity index (χ1v) is 31.0. The molecule has 0 saturated heterocycles. The van der Waals surface area contributed by atoms with E-state index in [4.69, 9.17) is 37.0 Å². The number of nitrogens with two attached hydrogens (primary N) is 2. The van der Waals surface area contributed by atoms with Gasteiger partial charge in [0.2, 0.25) is 0 Å². The molecule has 11 N–H and O–H groups in total. The van der Waals surface area contributed by atoms with Gasteiger partial charge in [-0.25, -0.2) is 98.6 Å². The first-order valence-electron chi connectivity index (χ1n) is 26.7. The number of carboxylic acids is 5. The van der Waals surface area contributed by atoms with E-state index in [9.17, 15) is 108 Å². The normalized spacial score (nSPS) is 10.1. The largest absolute Gasteiger partial charge is 0.478 e. The molecule has 0 aliphatic carbocycles. The van der Waals surface area contributed by atoms with E-state index in [-0.39, 0.29) is 63.6 Å². The van der Waals surface area contributed by atoms with Gasteiger partial charge in [-0.1, -0.05) is 25.3 Å². The fourth-order valence-corrected chi connectivity index (χ4v) is 9.05. The molecule has 0 atom stereocenters. The van der Waals surface area contributed by atoms with Gasteiger partial charge in [0, 0.05) is 25.4 Å². The van der Waals surface area contributed by atoms with Crippen molar-refractivity contribution in [2.24, 2.45) is 0 Å². The summed E-state index contributed by atoms with van der Waals surface area (Å²) in [7, 11) is 0. The van der Waals surface area contributed by atoms with Crippen LogP contribution in [0.3, 0.4) is 0 Å². The van der Waals surface area contributed by atoms with Crippen molar-refractivity contribution < 1.29 is 134 Å². The highest BCUT2D eigenvalue weighted by molar-refractivity contribution is 14.1. The Morgan fingerprint density at radius 1 is 0.340 bits per heavy atom. The standard InChI is InChI=1S/C15H9F3INO2.C14H7F3INO3.C9H5F3O2.C8H3F3O3.C8H5F3O2.2C6H5FIN/c1-2-7-5-9(15(21)22)14(13(18)12(7)17)20-11-4-3-8(19)6-10(11)16;15-9-4-7(18)1-2-10(9)19-13-8(14(21)22)3-6(5-20)11(16)12(13)17;1-2-4-3-5(9(13)14)7(11)8(12)6(4)10;9-5-3(2-12)1-4(8(13)14)6(10)7(5)11;1-3-2-4(8(12)13)6(10)7(11)5(3)9;2*7-5-3-4(8)1-2-6(5)9/h2-6,20H,1H2,(H,21,22);1-5,19H,(H,21,22);2-3H,1H2,(H,13,14);1-2H,(H,13,14);2H,1H3,(H,12,13);2*1-3H,9H2. The monoisotopic (exact) mass is 1910 g/mol. The molecule has 0 aliphatic heterocycles. The Morgan fingerprint density at radius 2 is 0.592 bits per heavy atom. The minimum Gasteiger partial charge on any atom is -0.478 e. The van der Waals surface area contributed by atoms with Crippen molar-refractivity contribution in [3.05, 3.63) is 285 Å². The summed E-state index contributed by atoms with van der Waals surface area (Å²) in [6.07, 6.45) is 1.81. The van der Waals surface area contributed by atoms with Gasteiger partial charge < -0.3 is 47.6 Å². The minimum absolute atomic E-state index is 0.0000934. The fourth-order valence-electron chi connectivity index (χ4n) is 7.24. The minimum atomic E-state index is -1.97. The van der Waals surface area contributed by atoms with Gasteiger partial charge in [0.15, 0.2) is 88.2 Å². The van der Waals surface area contributed by atoms with Gasteiger partial charge in [-0.15, -0.1) is 0 Å². The van der Waals surface area contributed by atoms with Gasteiger partial charge in [0.25, 0.3) is 0 Å². The molecular formula is C66H39F17I4N4O12. The van der Waals surface area contributed by atoms with Crippen LogP contribution in [-0.2, 0) is 0 Å². The van der Waals surface area contributed by atoms with Crippen LogP contribution in [0.2, 0.25) is 0 Å². The second-order valence-electron chi connectivity index (χ2n) is 19.1. The van der Waals surface area contributed by atoms with Gasteiger partial charge in [-0.2, -0.15) is 0 Å². The third-order valence-corrected chi connectivity index (χ3v) is 15.0. The smallest absolute Gasteiger partial charge is 0.338 e. The van der Waals surface area contributed by atoms with E-state index in [1.54, 1.807) is 30.3 Å². The maximum absolute atomic E-state index is 14.1. The Labute approximate surface area is 622 Å². The van der Waals surface area contributed by atoms with E-state index in [0.29, 0.717) is 25.3 Å².